The highest BCUT2D eigenvalue weighted by Crippen LogP contribution is 2.66. The summed E-state index contributed by atoms with van der Waals surface area (Å²) in [6, 6.07) is 1.37. The molecule has 0 amide bonds. The maximum atomic E-state index is 14.0. The molecule has 1 unspecified atom stereocenters. The minimum absolute atomic E-state index is 0.00313. The van der Waals surface area contributed by atoms with Crippen LogP contribution in [0.25, 0.3) is 0 Å². The summed E-state index contributed by atoms with van der Waals surface area (Å²) in [5, 5.41) is 31.7. The lowest BCUT2D eigenvalue weighted by atomic mass is 9.95. The number of nitrogens with zero attached hydrogens (tertiary/aromatic N) is 3. The molecule has 1 saturated carbocycles. The Bertz CT molecular complexity index is 1130. The highest BCUT2D eigenvalue weighted by atomic mass is 32.2. The zero-order valence-electron chi connectivity index (χ0n) is 21.1. The molecule has 4 rings (SSSR count). The SMILES string of the molecule is CC(C)(CO)C(=O)SCCOP(=O)(O[C@H]1[C@H]2O[C@@H](n3ccc(N)nc3=O)[C@](C)(O)[C@]21O)N1CCCCC1. The van der Waals surface area contributed by atoms with E-state index in [4.69, 9.17) is 19.5 Å². The van der Waals surface area contributed by atoms with E-state index in [1.165, 1.54) is 19.2 Å². The fourth-order valence-corrected chi connectivity index (χ4v) is 7.54. The van der Waals surface area contributed by atoms with E-state index in [9.17, 15) is 29.5 Å². The number of anilines is 1. The van der Waals surface area contributed by atoms with Crippen molar-refractivity contribution in [3.63, 3.8) is 0 Å². The molecule has 1 aromatic heterocycles. The van der Waals surface area contributed by atoms with Gasteiger partial charge in [0.05, 0.1) is 18.6 Å². The molecule has 1 aromatic rings. The van der Waals surface area contributed by atoms with Gasteiger partial charge in [0, 0.05) is 25.0 Å². The molecule has 0 spiro atoms. The van der Waals surface area contributed by atoms with Crippen molar-refractivity contribution in [1.82, 2.24) is 14.2 Å². The van der Waals surface area contributed by atoms with Gasteiger partial charge in [-0.05, 0) is 39.7 Å². The number of aliphatic hydroxyl groups is 3. The van der Waals surface area contributed by atoms with Crippen LogP contribution in [0, 0.1) is 5.41 Å². The lowest BCUT2D eigenvalue weighted by Crippen LogP contribution is -2.51. The summed E-state index contributed by atoms with van der Waals surface area (Å²) < 4.78 is 34.0. The largest absolute Gasteiger partial charge is 0.408 e. The van der Waals surface area contributed by atoms with E-state index >= 15 is 0 Å². The lowest BCUT2D eigenvalue weighted by Gasteiger charge is -2.36. The van der Waals surface area contributed by atoms with Gasteiger partial charge < -0.3 is 25.8 Å². The molecule has 3 heterocycles. The van der Waals surface area contributed by atoms with Crippen LogP contribution >= 0.6 is 19.5 Å². The van der Waals surface area contributed by atoms with E-state index in [2.05, 4.69) is 4.98 Å². The van der Waals surface area contributed by atoms with Crippen molar-refractivity contribution in [1.29, 1.82) is 0 Å². The van der Waals surface area contributed by atoms with Gasteiger partial charge in [0.25, 0.3) is 0 Å². The number of hydrogen-bond donors (Lipinski definition) is 4. The van der Waals surface area contributed by atoms with E-state index in [1.54, 1.807) is 18.5 Å². The third kappa shape index (κ3) is 5.15. The van der Waals surface area contributed by atoms with E-state index in [-0.39, 0.29) is 29.9 Å². The molecule has 208 valence electrons. The minimum atomic E-state index is -3.95. The van der Waals surface area contributed by atoms with Crippen LogP contribution in [-0.4, -0.2) is 90.1 Å². The quantitative estimate of drug-likeness (QED) is 0.228. The average Bonchev–Trinajstić information content (AvgIpc) is 3.35. The number of carbonyl (C=O) groups excluding carboxylic acids is 1. The van der Waals surface area contributed by atoms with Gasteiger partial charge in [-0.15, -0.1) is 0 Å². The van der Waals surface area contributed by atoms with Crippen molar-refractivity contribution in [3.8, 4) is 0 Å². The van der Waals surface area contributed by atoms with Gasteiger partial charge in [-0.25, -0.2) is 14.0 Å². The second-order valence-electron chi connectivity index (χ2n) is 10.4. The normalized spacial score (nSPS) is 33.6. The van der Waals surface area contributed by atoms with Gasteiger partial charge >= 0.3 is 13.4 Å². The van der Waals surface area contributed by atoms with Gasteiger partial charge in [-0.2, -0.15) is 4.98 Å². The van der Waals surface area contributed by atoms with Gasteiger partial charge in [0.1, 0.15) is 23.6 Å². The number of nitrogen functional groups attached to an aromatic ring is 1. The van der Waals surface area contributed by atoms with Crippen molar-refractivity contribution < 1.29 is 38.5 Å². The molecule has 15 heteroatoms. The first-order chi connectivity index (χ1) is 17.3. The summed E-state index contributed by atoms with van der Waals surface area (Å²) in [6.45, 7) is 5.12. The third-order valence-corrected chi connectivity index (χ3v) is 10.4. The molecule has 2 aliphatic heterocycles. The molecular weight excluding hydrogens is 527 g/mol. The van der Waals surface area contributed by atoms with Crippen LogP contribution in [-0.2, 0) is 23.1 Å². The third-order valence-electron chi connectivity index (χ3n) is 7.15. The van der Waals surface area contributed by atoms with Crippen LogP contribution in [0.15, 0.2) is 17.1 Å². The fraction of sp³-hybridized carbons (Fsp3) is 0.773. The van der Waals surface area contributed by atoms with Crippen molar-refractivity contribution in [3.05, 3.63) is 22.7 Å². The number of piperidine rings is 1. The number of thioether (sulfide) groups is 1. The Kier molecular flexibility index (Phi) is 7.99. The predicted octanol–water partition coefficient (Wildman–Crippen LogP) is 0.493. The van der Waals surface area contributed by atoms with Gasteiger partial charge in [0.2, 0.25) is 0 Å². The molecule has 37 heavy (non-hydrogen) atoms. The maximum absolute atomic E-state index is 14.0. The monoisotopic (exact) mass is 562 g/mol. The molecule has 13 nitrogen and oxygen atoms in total. The van der Waals surface area contributed by atoms with Crippen molar-refractivity contribution in [2.24, 2.45) is 5.41 Å². The van der Waals surface area contributed by atoms with Crippen LogP contribution in [0.4, 0.5) is 5.82 Å². The molecule has 2 saturated heterocycles. The van der Waals surface area contributed by atoms with E-state index in [0.717, 1.165) is 35.6 Å². The number of nitrogens with two attached hydrogens (primary N) is 1. The zero-order chi connectivity index (χ0) is 27.2. The molecule has 0 aromatic carbocycles. The van der Waals surface area contributed by atoms with Crippen LogP contribution in [0.3, 0.4) is 0 Å². The predicted molar refractivity (Wildman–Crippen MR) is 135 cm³/mol. The van der Waals surface area contributed by atoms with Gasteiger partial charge in [-0.3, -0.25) is 18.4 Å². The number of ether oxygens (including phenoxy) is 1. The summed E-state index contributed by atoms with van der Waals surface area (Å²) in [4.78, 5) is 28.2. The summed E-state index contributed by atoms with van der Waals surface area (Å²) in [5.41, 5.74) is -0.0784. The molecule has 6 atom stereocenters. The smallest absolute Gasteiger partial charge is 0.395 e. The van der Waals surface area contributed by atoms with Crippen LogP contribution in [0.1, 0.15) is 46.3 Å². The Morgan fingerprint density at radius 3 is 2.59 bits per heavy atom. The Labute approximate surface area is 218 Å². The summed E-state index contributed by atoms with van der Waals surface area (Å²) in [5.74, 6) is 0.189. The number of aliphatic hydroxyl groups excluding tert-OH is 1. The Morgan fingerprint density at radius 1 is 1.35 bits per heavy atom. The van der Waals surface area contributed by atoms with E-state index in [1.807, 2.05) is 0 Å². The average molecular weight is 563 g/mol. The van der Waals surface area contributed by atoms with Crippen LogP contribution in [0.5, 0.6) is 0 Å². The van der Waals surface area contributed by atoms with Crippen molar-refractivity contribution in [2.75, 3.05) is 37.8 Å². The first-order valence-electron chi connectivity index (χ1n) is 12.2. The number of rotatable bonds is 10. The molecular formula is C22H35N4O9PS. The highest BCUT2D eigenvalue weighted by Gasteiger charge is 2.84. The number of hydrogen-bond acceptors (Lipinski definition) is 12. The lowest BCUT2D eigenvalue weighted by molar-refractivity contribution is -0.158. The first-order valence-corrected chi connectivity index (χ1v) is 14.7. The second-order valence-corrected chi connectivity index (χ2v) is 13.5. The molecule has 1 aliphatic carbocycles. The fourth-order valence-electron chi connectivity index (χ4n) is 4.60. The summed E-state index contributed by atoms with van der Waals surface area (Å²) in [7, 11) is -3.95. The van der Waals surface area contributed by atoms with Gasteiger partial charge in [-0.1, -0.05) is 18.2 Å². The van der Waals surface area contributed by atoms with Crippen molar-refractivity contribution >= 4 is 30.4 Å². The maximum Gasteiger partial charge on any atom is 0.408 e. The molecule has 5 N–H and O–H groups in total. The Balaban J connectivity index is 1.46. The van der Waals surface area contributed by atoms with Crippen molar-refractivity contribution in [2.45, 2.75) is 69.7 Å². The van der Waals surface area contributed by atoms with E-state index in [0.29, 0.717) is 13.1 Å². The minimum Gasteiger partial charge on any atom is -0.395 e. The summed E-state index contributed by atoms with van der Waals surface area (Å²) >= 11 is 0.965. The van der Waals surface area contributed by atoms with E-state index < -0.39 is 48.5 Å². The van der Waals surface area contributed by atoms with Crippen LogP contribution in [0.2, 0.25) is 0 Å². The Hall–Kier alpha value is -1.35. The number of aromatic nitrogens is 2. The molecule has 3 fully saturated rings. The van der Waals surface area contributed by atoms with Gasteiger partial charge in [0.15, 0.2) is 16.9 Å². The standard InChI is InChI=1S/C22H35N4O9PS/c1-20(2,13-27)18(28)37-12-11-33-36(32,25-8-5-4-6-9-25)35-16-15-22(16,31)21(3,30)17(34-15)26-10-7-14(23)24-19(26)29/h7,10,15-17,27,30-31H,4-6,8-9,11-13H2,1-3H3,(H2,23,24,29)/t15-,16+,17-,21+,22+,36?/m1/s1. The number of carbonyl (C=O) groups is 1. The topological polar surface area (TPSA) is 187 Å². The zero-order valence-corrected chi connectivity index (χ0v) is 22.8. The highest BCUT2D eigenvalue weighted by molar-refractivity contribution is 8.13. The first kappa shape index (κ1) is 28.7. The summed E-state index contributed by atoms with van der Waals surface area (Å²) in [6.07, 6.45) is 0.345. The second kappa shape index (κ2) is 10.3. The molecule has 3 aliphatic rings. The van der Waals surface area contributed by atoms with Crippen LogP contribution < -0.4 is 11.4 Å². The molecule has 0 radical (unpaired) electrons. The number of fused-ring (bicyclic) bond motifs is 1. The Morgan fingerprint density at radius 2 is 2.03 bits per heavy atom. The molecule has 0 bridgehead atoms.